The standard InChI is InChI=1S/C15H18BrN3O3S/c1-4-14(17-5-2)18-23(21,22)13-9-12(16)8-11-6-7-19(10(3)20)15(11)13/h4-5,8-9,18H,6-7H2,1-3H3/b14-4+,17-5?. The van der Waals surface area contributed by atoms with Gasteiger partial charge in [-0.05, 0) is 44.0 Å². The smallest absolute Gasteiger partial charge is 0.265 e. The highest BCUT2D eigenvalue weighted by molar-refractivity contribution is 9.10. The number of allylic oxidation sites excluding steroid dienone is 1. The Labute approximate surface area is 144 Å². The summed E-state index contributed by atoms with van der Waals surface area (Å²) in [5, 5.41) is 0. The molecule has 0 aliphatic carbocycles. The Morgan fingerprint density at radius 3 is 2.65 bits per heavy atom. The molecule has 1 aliphatic rings. The molecule has 2 rings (SSSR count). The molecule has 1 aliphatic heterocycles. The number of amides is 1. The Morgan fingerprint density at radius 1 is 1.39 bits per heavy atom. The minimum Gasteiger partial charge on any atom is -0.311 e. The van der Waals surface area contributed by atoms with Crippen molar-refractivity contribution in [2.75, 3.05) is 11.4 Å². The van der Waals surface area contributed by atoms with E-state index in [1.807, 2.05) is 6.07 Å². The maximum atomic E-state index is 12.8. The number of sulfonamides is 1. The topological polar surface area (TPSA) is 78.8 Å². The fourth-order valence-electron chi connectivity index (χ4n) is 2.48. The number of nitrogens with one attached hydrogen (secondary N) is 1. The van der Waals surface area contributed by atoms with Gasteiger partial charge < -0.3 is 4.90 Å². The Bertz CT molecular complexity index is 800. The predicted octanol–water partition coefficient (Wildman–Crippen LogP) is 2.59. The average Bonchev–Trinajstić information content (AvgIpc) is 2.89. The molecule has 1 N–H and O–H groups in total. The van der Waals surface area contributed by atoms with Crippen molar-refractivity contribution in [2.45, 2.75) is 32.1 Å². The molecule has 0 saturated carbocycles. The van der Waals surface area contributed by atoms with Crippen LogP contribution in [0.15, 0.2) is 38.4 Å². The van der Waals surface area contributed by atoms with Crippen LogP contribution in [0.25, 0.3) is 0 Å². The van der Waals surface area contributed by atoms with E-state index in [4.69, 9.17) is 0 Å². The van der Waals surface area contributed by atoms with Gasteiger partial charge in [-0.2, -0.15) is 0 Å². The van der Waals surface area contributed by atoms with E-state index in [0.29, 0.717) is 23.1 Å². The van der Waals surface area contributed by atoms with Gasteiger partial charge in [0, 0.05) is 24.2 Å². The summed E-state index contributed by atoms with van der Waals surface area (Å²) < 4.78 is 28.7. The van der Waals surface area contributed by atoms with Gasteiger partial charge in [0.1, 0.15) is 10.7 Å². The highest BCUT2D eigenvalue weighted by atomic mass is 79.9. The van der Waals surface area contributed by atoms with Gasteiger partial charge in [-0.15, -0.1) is 0 Å². The number of halogens is 1. The lowest BCUT2D eigenvalue weighted by atomic mass is 10.2. The molecule has 0 radical (unpaired) electrons. The number of nitrogens with zero attached hydrogens (tertiary/aromatic N) is 2. The molecule has 0 aromatic heterocycles. The normalized spacial score (nSPS) is 15.1. The van der Waals surface area contributed by atoms with E-state index >= 15 is 0 Å². The first kappa shape index (κ1) is 17.7. The lowest BCUT2D eigenvalue weighted by Gasteiger charge is -2.19. The van der Waals surface area contributed by atoms with Crippen molar-refractivity contribution in [1.29, 1.82) is 0 Å². The Kier molecular flexibility index (Phi) is 5.26. The van der Waals surface area contributed by atoms with Crippen molar-refractivity contribution in [3.05, 3.63) is 34.1 Å². The molecular formula is C15H18BrN3O3S. The number of anilines is 1. The number of rotatable bonds is 4. The van der Waals surface area contributed by atoms with E-state index in [0.717, 1.165) is 5.56 Å². The first-order valence-electron chi connectivity index (χ1n) is 7.08. The van der Waals surface area contributed by atoms with Crippen LogP contribution in [0.4, 0.5) is 5.69 Å². The molecule has 1 aromatic rings. The van der Waals surface area contributed by atoms with E-state index in [2.05, 4.69) is 25.6 Å². The maximum Gasteiger partial charge on any atom is 0.265 e. The fourth-order valence-corrected chi connectivity index (χ4v) is 4.47. The highest BCUT2D eigenvalue weighted by Gasteiger charge is 2.31. The van der Waals surface area contributed by atoms with E-state index in [9.17, 15) is 13.2 Å². The van der Waals surface area contributed by atoms with Crippen molar-refractivity contribution < 1.29 is 13.2 Å². The number of fused-ring (bicyclic) bond motifs is 1. The summed E-state index contributed by atoms with van der Waals surface area (Å²) >= 11 is 3.34. The summed E-state index contributed by atoms with van der Waals surface area (Å²) in [6.07, 6.45) is 3.70. The minimum atomic E-state index is -3.86. The van der Waals surface area contributed by atoms with E-state index in [1.54, 1.807) is 19.9 Å². The van der Waals surface area contributed by atoms with Gasteiger partial charge in [0.15, 0.2) is 0 Å². The number of carbonyl (C=O) groups is 1. The molecule has 8 heteroatoms. The summed E-state index contributed by atoms with van der Waals surface area (Å²) in [4.78, 5) is 17.4. The Balaban J connectivity index is 2.57. The molecule has 23 heavy (non-hydrogen) atoms. The third-order valence-corrected chi connectivity index (χ3v) is 5.27. The number of benzene rings is 1. The van der Waals surface area contributed by atoms with Crippen molar-refractivity contribution in [1.82, 2.24) is 4.72 Å². The van der Waals surface area contributed by atoms with Gasteiger partial charge in [0.2, 0.25) is 5.91 Å². The Hall–Kier alpha value is -1.67. The molecule has 1 amide bonds. The van der Waals surface area contributed by atoms with Gasteiger partial charge in [-0.3, -0.25) is 9.52 Å². The molecule has 0 fully saturated rings. The number of hydrogen-bond acceptors (Lipinski definition) is 4. The van der Waals surface area contributed by atoms with Crippen molar-refractivity contribution in [3.8, 4) is 0 Å². The molecule has 1 aromatic carbocycles. The van der Waals surface area contributed by atoms with Gasteiger partial charge in [0.25, 0.3) is 10.0 Å². The third-order valence-electron chi connectivity index (χ3n) is 3.44. The molecule has 0 atom stereocenters. The van der Waals surface area contributed by atoms with Gasteiger partial charge in [0.05, 0.1) is 5.69 Å². The second kappa shape index (κ2) is 6.84. The van der Waals surface area contributed by atoms with Crippen LogP contribution in [0, 0.1) is 0 Å². The second-order valence-corrected chi connectivity index (χ2v) is 7.57. The van der Waals surface area contributed by atoms with Crippen LogP contribution in [-0.4, -0.2) is 27.1 Å². The number of hydrogen-bond donors (Lipinski definition) is 1. The molecule has 124 valence electrons. The largest absolute Gasteiger partial charge is 0.311 e. The van der Waals surface area contributed by atoms with Gasteiger partial charge in [-0.1, -0.05) is 15.9 Å². The van der Waals surface area contributed by atoms with Gasteiger partial charge >= 0.3 is 0 Å². The molecule has 0 bridgehead atoms. The molecule has 6 nitrogen and oxygen atoms in total. The number of carbonyl (C=O) groups excluding carboxylic acids is 1. The van der Waals surface area contributed by atoms with Crippen LogP contribution in [0.1, 0.15) is 26.3 Å². The summed E-state index contributed by atoms with van der Waals surface area (Å²) in [6, 6.07) is 3.35. The average molecular weight is 400 g/mol. The summed E-state index contributed by atoms with van der Waals surface area (Å²) in [5.41, 5.74) is 1.28. The first-order chi connectivity index (χ1) is 10.8. The lowest BCUT2D eigenvalue weighted by Crippen LogP contribution is -2.29. The van der Waals surface area contributed by atoms with Crippen molar-refractivity contribution >= 4 is 43.8 Å². The third kappa shape index (κ3) is 3.64. The zero-order valence-corrected chi connectivity index (χ0v) is 15.5. The second-order valence-electron chi connectivity index (χ2n) is 5.00. The van der Waals surface area contributed by atoms with E-state index < -0.39 is 10.0 Å². The van der Waals surface area contributed by atoms with Crippen LogP contribution < -0.4 is 9.62 Å². The molecule has 0 spiro atoms. The van der Waals surface area contributed by atoms with Crippen LogP contribution in [0.5, 0.6) is 0 Å². The first-order valence-corrected chi connectivity index (χ1v) is 9.36. The fraction of sp³-hybridized carbons (Fsp3) is 0.333. The van der Waals surface area contributed by atoms with Gasteiger partial charge in [-0.25, -0.2) is 13.4 Å². The minimum absolute atomic E-state index is 0.0697. The zero-order chi connectivity index (χ0) is 17.2. The predicted molar refractivity (Wildman–Crippen MR) is 94.1 cm³/mol. The van der Waals surface area contributed by atoms with Crippen LogP contribution in [0.2, 0.25) is 0 Å². The van der Waals surface area contributed by atoms with Crippen molar-refractivity contribution in [3.63, 3.8) is 0 Å². The van der Waals surface area contributed by atoms with E-state index in [1.165, 1.54) is 24.1 Å². The van der Waals surface area contributed by atoms with Crippen LogP contribution in [0.3, 0.4) is 0 Å². The maximum absolute atomic E-state index is 12.8. The number of aliphatic imine (C=N–C) groups is 1. The van der Waals surface area contributed by atoms with E-state index in [-0.39, 0.29) is 16.6 Å². The summed E-state index contributed by atoms with van der Waals surface area (Å²) in [7, 11) is -3.86. The molecule has 0 saturated heterocycles. The van der Waals surface area contributed by atoms with Crippen LogP contribution in [-0.2, 0) is 21.2 Å². The van der Waals surface area contributed by atoms with Crippen LogP contribution >= 0.6 is 15.9 Å². The zero-order valence-electron chi connectivity index (χ0n) is 13.1. The summed E-state index contributed by atoms with van der Waals surface area (Å²) in [5.74, 6) is 0.0500. The molecular weight excluding hydrogens is 382 g/mol. The monoisotopic (exact) mass is 399 g/mol. The SMILES string of the molecule is CC=N/C(=C\C)NS(=O)(=O)c1cc(Br)cc2c1N(C(C)=O)CC2. The summed E-state index contributed by atoms with van der Waals surface area (Å²) in [6.45, 7) is 5.30. The molecule has 1 heterocycles. The lowest BCUT2D eigenvalue weighted by molar-refractivity contribution is -0.116. The Morgan fingerprint density at radius 2 is 2.09 bits per heavy atom. The highest BCUT2D eigenvalue weighted by Crippen LogP contribution is 2.37. The van der Waals surface area contributed by atoms with Crippen molar-refractivity contribution in [2.24, 2.45) is 4.99 Å². The quantitative estimate of drug-likeness (QED) is 0.790. The molecule has 0 unspecified atom stereocenters.